The molecule has 0 bridgehead atoms. The third-order valence-electron chi connectivity index (χ3n) is 3.79. The number of carbonyl (C=O) groups is 1. The first-order valence-corrected chi connectivity index (χ1v) is 8.28. The first-order valence-electron chi connectivity index (χ1n) is 8.28. The molecule has 3 aromatic rings. The average Bonchev–Trinajstić information content (AvgIpc) is 2.64. The Bertz CT molecular complexity index is 830. The molecule has 126 valence electrons. The van der Waals surface area contributed by atoms with Gasteiger partial charge in [0.05, 0.1) is 12.1 Å². The van der Waals surface area contributed by atoms with Crippen molar-refractivity contribution in [3.8, 4) is 11.5 Å². The van der Waals surface area contributed by atoms with E-state index in [1.807, 2.05) is 90.6 Å². The molecule has 4 heteroatoms. The van der Waals surface area contributed by atoms with Gasteiger partial charge in [-0.05, 0) is 36.8 Å². The summed E-state index contributed by atoms with van der Waals surface area (Å²) >= 11 is 0. The lowest BCUT2D eigenvalue weighted by Gasteiger charge is -2.11. The van der Waals surface area contributed by atoms with Crippen LogP contribution in [0.25, 0.3) is 0 Å². The molecule has 0 spiro atoms. The van der Waals surface area contributed by atoms with E-state index in [-0.39, 0.29) is 5.91 Å². The van der Waals surface area contributed by atoms with E-state index in [1.54, 1.807) is 0 Å². The molecule has 0 aliphatic rings. The molecule has 0 unspecified atom stereocenters. The van der Waals surface area contributed by atoms with Crippen molar-refractivity contribution in [2.75, 3.05) is 5.32 Å². The fourth-order valence-electron chi connectivity index (χ4n) is 2.40. The highest BCUT2D eigenvalue weighted by atomic mass is 16.5. The maximum absolute atomic E-state index is 12.3. The number of hydrogen-bond donors (Lipinski definition) is 1. The van der Waals surface area contributed by atoms with Gasteiger partial charge in [0.25, 0.3) is 0 Å². The number of benzene rings is 2. The second-order valence-electron chi connectivity index (χ2n) is 5.82. The lowest BCUT2D eigenvalue weighted by Crippen LogP contribution is -2.34. The second kappa shape index (κ2) is 8.11. The minimum absolute atomic E-state index is 0.0443. The van der Waals surface area contributed by atoms with Crippen LogP contribution in [0.15, 0.2) is 79.1 Å². The molecule has 4 nitrogen and oxygen atoms in total. The molecule has 0 aliphatic carbocycles. The standard InChI is InChI=1S/C21H20N2O2/c1-17-11-14-23(15-12-17)16-13-21(24)22-19-9-5-6-10-20(19)25-18-7-3-2-4-8-18/h2-12,14-15H,13,16H2,1H3/p+1. The first-order chi connectivity index (χ1) is 12.2. The second-order valence-corrected chi connectivity index (χ2v) is 5.82. The van der Waals surface area contributed by atoms with Crippen LogP contribution < -0.4 is 14.6 Å². The summed E-state index contributed by atoms with van der Waals surface area (Å²) in [6, 6.07) is 21.0. The van der Waals surface area contributed by atoms with Crippen molar-refractivity contribution in [3.05, 3.63) is 84.7 Å². The van der Waals surface area contributed by atoms with Gasteiger partial charge in [0.15, 0.2) is 24.7 Å². The molecule has 0 aliphatic heterocycles. The number of ether oxygens (including phenoxy) is 1. The van der Waals surface area contributed by atoms with Crippen molar-refractivity contribution in [2.24, 2.45) is 0 Å². The Balaban J connectivity index is 1.62. The first kappa shape index (κ1) is 16.7. The predicted molar refractivity (Wildman–Crippen MR) is 97.6 cm³/mol. The molecule has 2 aromatic carbocycles. The van der Waals surface area contributed by atoms with Crippen LogP contribution in [0.2, 0.25) is 0 Å². The quantitative estimate of drug-likeness (QED) is 0.690. The van der Waals surface area contributed by atoms with Crippen LogP contribution in [0.5, 0.6) is 11.5 Å². The van der Waals surface area contributed by atoms with E-state index in [9.17, 15) is 4.79 Å². The molecule has 0 saturated carbocycles. The van der Waals surface area contributed by atoms with E-state index in [1.165, 1.54) is 5.56 Å². The average molecular weight is 333 g/mol. The number of nitrogens with one attached hydrogen (secondary N) is 1. The number of hydrogen-bond acceptors (Lipinski definition) is 2. The Labute approximate surface area is 147 Å². The van der Waals surface area contributed by atoms with Crippen molar-refractivity contribution in [1.29, 1.82) is 0 Å². The van der Waals surface area contributed by atoms with E-state index >= 15 is 0 Å². The fourth-order valence-corrected chi connectivity index (χ4v) is 2.40. The molecule has 1 heterocycles. The highest BCUT2D eigenvalue weighted by Crippen LogP contribution is 2.29. The van der Waals surface area contributed by atoms with Crippen molar-refractivity contribution < 1.29 is 14.1 Å². The molecule has 3 rings (SSSR count). The van der Waals surface area contributed by atoms with Crippen molar-refractivity contribution in [3.63, 3.8) is 0 Å². The third kappa shape index (κ3) is 4.91. The van der Waals surface area contributed by atoms with Crippen molar-refractivity contribution in [1.82, 2.24) is 0 Å². The minimum Gasteiger partial charge on any atom is -0.455 e. The van der Waals surface area contributed by atoms with E-state index in [2.05, 4.69) is 5.32 Å². The molecule has 1 aromatic heterocycles. The van der Waals surface area contributed by atoms with Gasteiger partial charge in [-0.1, -0.05) is 30.3 Å². The molecule has 0 fully saturated rings. The zero-order chi connectivity index (χ0) is 17.5. The summed E-state index contributed by atoms with van der Waals surface area (Å²) in [4.78, 5) is 12.3. The van der Waals surface area contributed by atoms with Gasteiger partial charge in [-0.25, -0.2) is 4.57 Å². The van der Waals surface area contributed by atoms with Gasteiger partial charge in [0.2, 0.25) is 5.91 Å². The number of aryl methyl sites for hydroxylation is 2. The van der Waals surface area contributed by atoms with Gasteiger partial charge in [0.1, 0.15) is 5.75 Å². The molecule has 1 amide bonds. The summed E-state index contributed by atoms with van der Waals surface area (Å²) in [6.07, 6.45) is 4.36. The van der Waals surface area contributed by atoms with Gasteiger partial charge in [0, 0.05) is 12.1 Å². The van der Waals surface area contributed by atoms with Crippen LogP contribution in [-0.2, 0) is 11.3 Å². The largest absolute Gasteiger partial charge is 0.455 e. The minimum atomic E-state index is -0.0443. The van der Waals surface area contributed by atoms with E-state index in [0.717, 1.165) is 5.75 Å². The molecule has 25 heavy (non-hydrogen) atoms. The molecule has 0 atom stereocenters. The Morgan fingerprint density at radius 3 is 2.40 bits per heavy atom. The molecular weight excluding hydrogens is 312 g/mol. The highest BCUT2D eigenvalue weighted by Gasteiger charge is 2.10. The maximum atomic E-state index is 12.3. The zero-order valence-electron chi connectivity index (χ0n) is 14.2. The van der Waals surface area contributed by atoms with Gasteiger partial charge in [-0.15, -0.1) is 0 Å². The summed E-state index contributed by atoms with van der Waals surface area (Å²) < 4.78 is 7.87. The van der Waals surface area contributed by atoms with Crippen molar-refractivity contribution >= 4 is 11.6 Å². The molecular formula is C21H21N2O2+. The third-order valence-corrected chi connectivity index (χ3v) is 3.79. The molecule has 0 saturated heterocycles. The summed E-state index contributed by atoms with van der Waals surface area (Å²) in [5, 5.41) is 2.94. The number of amides is 1. The molecule has 0 radical (unpaired) electrons. The Morgan fingerprint density at radius 2 is 1.64 bits per heavy atom. The van der Waals surface area contributed by atoms with Crippen LogP contribution in [0.3, 0.4) is 0 Å². The number of rotatable bonds is 6. The Kier molecular flexibility index (Phi) is 5.42. The number of para-hydroxylation sites is 3. The fraction of sp³-hybridized carbons (Fsp3) is 0.143. The SMILES string of the molecule is Cc1cc[n+](CCC(=O)Nc2ccccc2Oc2ccccc2)cc1. The number of anilines is 1. The van der Waals surface area contributed by atoms with Crippen LogP contribution >= 0.6 is 0 Å². The molecule has 1 N–H and O–H groups in total. The smallest absolute Gasteiger partial charge is 0.230 e. The highest BCUT2D eigenvalue weighted by molar-refractivity contribution is 5.92. The Morgan fingerprint density at radius 1 is 0.960 bits per heavy atom. The van der Waals surface area contributed by atoms with Crippen LogP contribution in [0, 0.1) is 6.92 Å². The lowest BCUT2D eigenvalue weighted by atomic mass is 10.2. The monoisotopic (exact) mass is 333 g/mol. The zero-order valence-corrected chi connectivity index (χ0v) is 14.2. The number of pyridine rings is 1. The van der Waals surface area contributed by atoms with E-state index < -0.39 is 0 Å². The van der Waals surface area contributed by atoms with Crippen LogP contribution in [0.1, 0.15) is 12.0 Å². The van der Waals surface area contributed by atoms with Crippen LogP contribution in [-0.4, -0.2) is 5.91 Å². The topological polar surface area (TPSA) is 42.2 Å². The predicted octanol–water partition coefficient (Wildman–Crippen LogP) is 4.10. The lowest BCUT2D eigenvalue weighted by molar-refractivity contribution is -0.695. The Hall–Kier alpha value is -3.14. The van der Waals surface area contributed by atoms with Gasteiger partial charge in [-0.2, -0.15) is 0 Å². The van der Waals surface area contributed by atoms with Gasteiger partial charge < -0.3 is 10.1 Å². The summed E-state index contributed by atoms with van der Waals surface area (Å²) in [5.41, 5.74) is 1.87. The van der Waals surface area contributed by atoms with Gasteiger partial charge in [-0.3, -0.25) is 4.79 Å². The maximum Gasteiger partial charge on any atom is 0.230 e. The summed E-state index contributed by atoms with van der Waals surface area (Å²) in [6.45, 7) is 2.68. The number of carbonyl (C=O) groups excluding carboxylic acids is 1. The van der Waals surface area contributed by atoms with Crippen molar-refractivity contribution in [2.45, 2.75) is 19.9 Å². The summed E-state index contributed by atoms with van der Waals surface area (Å²) in [5.74, 6) is 1.32. The van der Waals surface area contributed by atoms with E-state index in [4.69, 9.17) is 4.74 Å². The van der Waals surface area contributed by atoms with Gasteiger partial charge >= 0.3 is 0 Å². The summed E-state index contributed by atoms with van der Waals surface area (Å²) in [7, 11) is 0. The number of aromatic nitrogens is 1. The normalized spacial score (nSPS) is 10.3. The number of nitrogens with zero attached hydrogens (tertiary/aromatic N) is 1. The van der Waals surface area contributed by atoms with E-state index in [0.29, 0.717) is 24.4 Å². The van der Waals surface area contributed by atoms with Crippen LogP contribution in [0.4, 0.5) is 5.69 Å².